The highest BCUT2D eigenvalue weighted by molar-refractivity contribution is 5.20. The summed E-state index contributed by atoms with van der Waals surface area (Å²) in [5.41, 5.74) is 5.67. The monoisotopic (exact) mass is 154 g/mol. The lowest BCUT2D eigenvalue weighted by Gasteiger charge is -1.90. The Morgan fingerprint density at radius 3 is 2.64 bits per heavy atom. The van der Waals surface area contributed by atoms with Crippen LogP contribution in [0, 0.1) is 10.1 Å². The Morgan fingerprint density at radius 2 is 2.27 bits per heavy atom. The molecule has 0 aromatic rings. The standard InChI is InChI=1S/C7H10N2O2/c1-3-4-7(8)5-6(2)9(10)11/h3-5H,1,8H2,2H3/b6-5+,7-4+. The molecule has 60 valence electrons. The normalized spacial score (nSPS) is 12.8. The number of nitro groups is 1. The first-order valence-corrected chi connectivity index (χ1v) is 2.99. The minimum atomic E-state index is -0.496. The quantitative estimate of drug-likeness (QED) is 0.377. The molecule has 0 saturated carbocycles. The van der Waals surface area contributed by atoms with Crippen molar-refractivity contribution in [3.05, 3.63) is 46.3 Å². The second-order valence-electron chi connectivity index (χ2n) is 1.95. The van der Waals surface area contributed by atoms with Gasteiger partial charge in [-0.2, -0.15) is 0 Å². The largest absolute Gasteiger partial charge is 0.399 e. The summed E-state index contributed by atoms with van der Waals surface area (Å²) >= 11 is 0. The second kappa shape index (κ2) is 4.27. The van der Waals surface area contributed by atoms with Gasteiger partial charge in [0.1, 0.15) is 0 Å². The van der Waals surface area contributed by atoms with Crippen molar-refractivity contribution in [2.75, 3.05) is 0 Å². The zero-order chi connectivity index (χ0) is 8.85. The lowest BCUT2D eigenvalue weighted by atomic mass is 10.3. The molecule has 0 atom stereocenters. The number of rotatable bonds is 3. The molecule has 0 aromatic heterocycles. The molecule has 0 aliphatic heterocycles. The summed E-state index contributed by atoms with van der Waals surface area (Å²) in [5.74, 6) is 0. The number of nitrogens with zero attached hydrogens (tertiary/aromatic N) is 1. The summed E-state index contributed by atoms with van der Waals surface area (Å²) in [7, 11) is 0. The molecule has 0 aromatic carbocycles. The van der Waals surface area contributed by atoms with Gasteiger partial charge in [-0.15, -0.1) is 0 Å². The summed E-state index contributed by atoms with van der Waals surface area (Å²) < 4.78 is 0. The highest BCUT2D eigenvalue weighted by atomic mass is 16.6. The van der Waals surface area contributed by atoms with Gasteiger partial charge in [0.25, 0.3) is 0 Å². The van der Waals surface area contributed by atoms with Crippen LogP contribution in [-0.2, 0) is 0 Å². The first-order valence-electron chi connectivity index (χ1n) is 2.99. The lowest BCUT2D eigenvalue weighted by Crippen LogP contribution is -1.98. The van der Waals surface area contributed by atoms with Crippen molar-refractivity contribution in [2.45, 2.75) is 6.92 Å². The Bertz CT molecular complexity index is 229. The molecule has 0 fully saturated rings. The van der Waals surface area contributed by atoms with E-state index < -0.39 is 4.92 Å². The predicted molar refractivity (Wildman–Crippen MR) is 43.2 cm³/mol. The Labute approximate surface area is 64.9 Å². The van der Waals surface area contributed by atoms with Gasteiger partial charge in [-0.3, -0.25) is 10.1 Å². The fourth-order valence-corrected chi connectivity index (χ4v) is 0.478. The van der Waals surface area contributed by atoms with Crippen molar-refractivity contribution < 1.29 is 4.92 Å². The average Bonchev–Trinajstić information content (AvgIpc) is 1.87. The molecular formula is C7H10N2O2. The minimum absolute atomic E-state index is 0.0144. The number of hydrogen-bond acceptors (Lipinski definition) is 3. The van der Waals surface area contributed by atoms with Crippen molar-refractivity contribution in [1.29, 1.82) is 0 Å². The molecule has 11 heavy (non-hydrogen) atoms. The van der Waals surface area contributed by atoms with E-state index in [0.29, 0.717) is 5.70 Å². The van der Waals surface area contributed by atoms with Gasteiger partial charge in [-0.1, -0.05) is 12.7 Å². The zero-order valence-electron chi connectivity index (χ0n) is 6.28. The molecule has 0 rings (SSSR count). The van der Waals surface area contributed by atoms with Crippen LogP contribution in [0.3, 0.4) is 0 Å². The summed E-state index contributed by atoms with van der Waals surface area (Å²) in [5, 5.41) is 10.1. The molecule has 4 nitrogen and oxygen atoms in total. The highest BCUT2D eigenvalue weighted by Crippen LogP contribution is 1.97. The smallest absolute Gasteiger partial charge is 0.245 e. The summed E-state index contributed by atoms with van der Waals surface area (Å²) in [6, 6.07) is 0. The van der Waals surface area contributed by atoms with E-state index in [9.17, 15) is 10.1 Å². The first-order chi connectivity index (χ1) is 5.07. The molecule has 4 heteroatoms. The summed E-state index contributed by atoms with van der Waals surface area (Å²) in [6.07, 6.45) is 4.24. The number of nitrogens with two attached hydrogens (primary N) is 1. The van der Waals surface area contributed by atoms with Gasteiger partial charge in [-0.05, 0) is 6.08 Å². The van der Waals surface area contributed by atoms with Gasteiger partial charge in [-0.25, -0.2) is 0 Å². The molecule has 0 aliphatic rings. The van der Waals surface area contributed by atoms with Crippen molar-refractivity contribution in [2.24, 2.45) is 5.73 Å². The van der Waals surface area contributed by atoms with Crippen LogP contribution in [0.15, 0.2) is 36.2 Å². The SMILES string of the molecule is C=C/C=C(N)\C=C(/C)[N+](=O)[O-]. The summed E-state index contributed by atoms with van der Waals surface area (Å²) in [6.45, 7) is 4.78. The van der Waals surface area contributed by atoms with Gasteiger partial charge < -0.3 is 5.73 Å². The Morgan fingerprint density at radius 1 is 1.73 bits per heavy atom. The van der Waals surface area contributed by atoms with E-state index in [0.717, 1.165) is 0 Å². The molecular weight excluding hydrogens is 144 g/mol. The Kier molecular flexibility index (Phi) is 3.66. The summed E-state index contributed by atoms with van der Waals surface area (Å²) in [4.78, 5) is 9.57. The van der Waals surface area contributed by atoms with Crippen LogP contribution in [0.5, 0.6) is 0 Å². The molecule has 0 bridgehead atoms. The van der Waals surface area contributed by atoms with E-state index in [1.165, 1.54) is 25.2 Å². The van der Waals surface area contributed by atoms with E-state index in [1.54, 1.807) is 0 Å². The number of allylic oxidation sites excluding steroid dienone is 4. The third-order valence-corrected chi connectivity index (χ3v) is 0.974. The minimum Gasteiger partial charge on any atom is -0.399 e. The van der Waals surface area contributed by atoms with Crippen LogP contribution >= 0.6 is 0 Å². The maximum Gasteiger partial charge on any atom is 0.245 e. The predicted octanol–water partition coefficient (Wildman–Crippen LogP) is 1.20. The maximum absolute atomic E-state index is 10.1. The van der Waals surface area contributed by atoms with E-state index in [2.05, 4.69) is 6.58 Å². The van der Waals surface area contributed by atoms with E-state index in [4.69, 9.17) is 5.73 Å². The molecule has 0 radical (unpaired) electrons. The van der Waals surface area contributed by atoms with Crippen molar-refractivity contribution in [3.8, 4) is 0 Å². The Balaban J connectivity index is 4.42. The van der Waals surface area contributed by atoms with Gasteiger partial charge in [0, 0.05) is 18.7 Å². The van der Waals surface area contributed by atoms with Crippen LogP contribution in [-0.4, -0.2) is 4.92 Å². The van der Waals surface area contributed by atoms with Crippen molar-refractivity contribution >= 4 is 0 Å². The van der Waals surface area contributed by atoms with Crippen LogP contribution in [0.4, 0.5) is 0 Å². The van der Waals surface area contributed by atoms with Crippen molar-refractivity contribution in [3.63, 3.8) is 0 Å². The average molecular weight is 154 g/mol. The third-order valence-electron chi connectivity index (χ3n) is 0.974. The zero-order valence-corrected chi connectivity index (χ0v) is 6.28. The third kappa shape index (κ3) is 3.91. The van der Waals surface area contributed by atoms with Gasteiger partial charge >= 0.3 is 0 Å². The van der Waals surface area contributed by atoms with Gasteiger partial charge in [0.05, 0.1) is 4.92 Å². The van der Waals surface area contributed by atoms with Crippen molar-refractivity contribution in [1.82, 2.24) is 0 Å². The fraction of sp³-hybridized carbons (Fsp3) is 0.143. The van der Waals surface area contributed by atoms with E-state index >= 15 is 0 Å². The van der Waals surface area contributed by atoms with E-state index in [1.807, 2.05) is 0 Å². The molecule has 2 N–H and O–H groups in total. The van der Waals surface area contributed by atoms with Crippen LogP contribution in [0.1, 0.15) is 6.92 Å². The Hall–Kier alpha value is -1.58. The van der Waals surface area contributed by atoms with Crippen LogP contribution < -0.4 is 5.73 Å². The highest BCUT2D eigenvalue weighted by Gasteiger charge is 1.99. The lowest BCUT2D eigenvalue weighted by molar-refractivity contribution is -0.424. The van der Waals surface area contributed by atoms with Crippen LogP contribution in [0.2, 0.25) is 0 Å². The van der Waals surface area contributed by atoms with Gasteiger partial charge in [0.15, 0.2) is 0 Å². The van der Waals surface area contributed by atoms with Gasteiger partial charge in [0.2, 0.25) is 5.70 Å². The second-order valence-corrected chi connectivity index (χ2v) is 1.95. The molecule has 0 aliphatic carbocycles. The molecule has 0 saturated heterocycles. The molecule has 0 unspecified atom stereocenters. The topological polar surface area (TPSA) is 69.2 Å². The molecule has 0 heterocycles. The molecule has 0 spiro atoms. The maximum atomic E-state index is 10.1. The fourth-order valence-electron chi connectivity index (χ4n) is 0.478. The van der Waals surface area contributed by atoms with E-state index in [-0.39, 0.29) is 5.70 Å². The first kappa shape index (κ1) is 9.42. The molecule has 0 amide bonds. The van der Waals surface area contributed by atoms with Crippen LogP contribution in [0.25, 0.3) is 0 Å². The number of hydrogen-bond donors (Lipinski definition) is 1.